The molecule has 4 heterocycles. The van der Waals surface area contributed by atoms with Gasteiger partial charge in [0.05, 0.1) is 46.9 Å². The molecule has 0 aromatic heterocycles. The normalized spacial score (nSPS) is 31.8. The molecule has 12 heteroatoms. The van der Waals surface area contributed by atoms with Gasteiger partial charge in [0.1, 0.15) is 0 Å². The van der Waals surface area contributed by atoms with E-state index in [1.807, 2.05) is 0 Å². The van der Waals surface area contributed by atoms with Crippen LogP contribution in [0, 0.1) is 47.3 Å². The van der Waals surface area contributed by atoms with Crippen molar-refractivity contribution < 1.29 is 47.8 Å². The number of esters is 4. The molecule has 232 valence electrons. The van der Waals surface area contributed by atoms with Crippen molar-refractivity contribution >= 4 is 58.9 Å². The molecule has 0 radical (unpaired) electrons. The zero-order valence-corrected chi connectivity index (χ0v) is 24.9. The number of carbonyl (C=O) groups is 8. The molecule has 0 bridgehead atoms. The number of benzene rings is 2. The van der Waals surface area contributed by atoms with Crippen molar-refractivity contribution in [3.8, 4) is 0 Å². The summed E-state index contributed by atoms with van der Waals surface area (Å²) in [5.74, 6) is -12.2. The standard InChI is InChI=1S/C33H30N2O10/c1-14-22(24-16(3)30(40)44-32(24)42)28(38)34(26(14)36)20-9-5-18(6-10-20)13-19-7-11-21(12-8-19)35-27(37)15(2)23(29(35)39)25-17(4)31(41)45-33(25)43/h5-12,14-17,22-25H,13H2,1-4H3. The number of hydrogen-bond donors (Lipinski definition) is 0. The van der Waals surface area contributed by atoms with Crippen LogP contribution in [0.3, 0.4) is 0 Å². The lowest BCUT2D eigenvalue weighted by atomic mass is 9.78. The summed E-state index contributed by atoms with van der Waals surface area (Å²) in [5.41, 5.74) is 2.41. The number of carbonyl (C=O) groups excluding carboxylic acids is 8. The van der Waals surface area contributed by atoms with Crippen LogP contribution in [0.5, 0.6) is 0 Å². The molecule has 4 amide bonds. The van der Waals surface area contributed by atoms with Crippen LogP contribution in [0.15, 0.2) is 48.5 Å². The van der Waals surface area contributed by atoms with Crippen LogP contribution < -0.4 is 9.80 Å². The Balaban J connectivity index is 1.15. The van der Waals surface area contributed by atoms with Crippen molar-refractivity contribution in [2.24, 2.45) is 47.3 Å². The first-order valence-corrected chi connectivity index (χ1v) is 14.8. The zero-order chi connectivity index (χ0) is 32.5. The fraction of sp³-hybridized carbons (Fsp3) is 0.394. The Labute approximate surface area is 257 Å². The van der Waals surface area contributed by atoms with E-state index in [9.17, 15) is 38.4 Å². The SMILES string of the molecule is CC1C(=O)OC(=O)C1C1C(=O)N(c2ccc(Cc3ccc(N4C(=O)C(C)C(C5C(=O)OC(=O)C5C)C4=O)cc3)cc2)C(=O)C1C. The Hall–Kier alpha value is -5.00. The average Bonchev–Trinajstić information content (AvgIpc) is 3.57. The van der Waals surface area contributed by atoms with Gasteiger partial charge >= 0.3 is 23.9 Å². The number of ether oxygens (including phenoxy) is 2. The van der Waals surface area contributed by atoms with Gasteiger partial charge in [-0.3, -0.25) is 48.2 Å². The van der Waals surface area contributed by atoms with Gasteiger partial charge in [0.25, 0.3) is 0 Å². The average molecular weight is 615 g/mol. The highest BCUT2D eigenvalue weighted by Crippen LogP contribution is 2.43. The number of amides is 4. The van der Waals surface area contributed by atoms with Crippen molar-refractivity contribution in [1.29, 1.82) is 0 Å². The fourth-order valence-electron chi connectivity index (χ4n) is 6.99. The molecule has 4 aliphatic heterocycles. The third-order valence-corrected chi connectivity index (χ3v) is 9.65. The highest BCUT2D eigenvalue weighted by atomic mass is 16.6. The summed E-state index contributed by atoms with van der Waals surface area (Å²) in [4.78, 5) is 103. The molecule has 4 fully saturated rings. The number of anilines is 2. The summed E-state index contributed by atoms with van der Waals surface area (Å²) >= 11 is 0. The van der Waals surface area contributed by atoms with E-state index in [0.717, 1.165) is 20.9 Å². The van der Waals surface area contributed by atoms with Crippen LogP contribution in [-0.4, -0.2) is 47.5 Å². The Kier molecular flexibility index (Phi) is 7.25. The fourth-order valence-corrected chi connectivity index (χ4v) is 6.99. The minimum Gasteiger partial charge on any atom is -0.393 e. The Morgan fingerprint density at radius 1 is 0.444 bits per heavy atom. The third kappa shape index (κ3) is 4.66. The minimum absolute atomic E-state index is 0.348. The Morgan fingerprint density at radius 2 is 0.778 bits per heavy atom. The predicted molar refractivity (Wildman–Crippen MR) is 153 cm³/mol. The summed E-state index contributed by atoms with van der Waals surface area (Å²) in [5, 5.41) is 0. The van der Waals surface area contributed by atoms with E-state index in [0.29, 0.717) is 17.8 Å². The molecular formula is C33H30N2O10. The first kappa shape index (κ1) is 30.0. The van der Waals surface area contributed by atoms with Gasteiger partial charge in [0.2, 0.25) is 23.6 Å². The maximum atomic E-state index is 13.3. The van der Waals surface area contributed by atoms with Gasteiger partial charge in [-0.1, -0.05) is 52.0 Å². The van der Waals surface area contributed by atoms with Gasteiger partial charge in [0.15, 0.2) is 0 Å². The molecule has 0 saturated carbocycles. The lowest BCUT2D eigenvalue weighted by Gasteiger charge is -2.19. The maximum absolute atomic E-state index is 13.3. The van der Waals surface area contributed by atoms with Gasteiger partial charge in [-0.25, -0.2) is 0 Å². The van der Waals surface area contributed by atoms with Crippen LogP contribution in [0.4, 0.5) is 11.4 Å². The largest absolute Gasteiger partial charge is 0.393 e. The number of hydrogen-bond acceptors (Lipinski definition) is 10. The smallest absolute Gasteiger partial charge is 0.318 e. The van der Waals surface area contributed by atoms with E-state index in [2.05, 4.69) is 0 Å². The Bertz CT molecular complexity index is 1560. The van der Waals surface area contributed by atoms with E-state index in [1.54, 1.807) is 62.4 Å². The molecule has 0 spiro atoms. The number of imide groups is 2. The number of cyclic esters (lactones) is 4. The lowest BCUT2D eigenvalue weighted by molar-refractivity contribution is -0.156. The molecule has 6 rings (SSSR count). The third-order valence-electron chi connectivity index (χ3n) is 9.65. The molecule has 8 unspecified atom stereocenters. The molecule has 8 atom stereocenters. The van der Waals surface area contributed by atoms with Gasteiger partial charge in [-0.15, -0.1) is 0 Å². The molecule has 2 aromatic rings. The van der Waals surface area contributed by atoms with E-state index < -0.39 is 94.8 Å². The highest BCUT2D eigenvalue weighted by molar-refractivity contribution is 6.24. The van der Waals surface area contributed by atoms with Crippen molar-refractivity contribution in [3.05, 3.63) is 59.7 Å². The topological polar surface area (TPSA) is 162 Å². The lowest BCUT2D eigenvalue weighted by Crippen LogP contribution is -2.35. The molecule has 0 N–H and O–H groups in total. The summed E-state index contributed by atoms with van der Waals surface area (Å²) in [7, 11) is 0. The van der Waals surface area contributed by atoms with Crippen molar-refractivity contribution in [3.63, 3.8) is 0 Å². The molecular weight excluding hydrogens is 584 g/mol. The molecule has 2 aromatic carbocycles. The predicted octanol–water partition coefficient (Wildman–Crippen LogP) is 2.20. The van der Waals surface area contributed by atoms with E-state index in [1.165, 1.54) is 13.8 Å². The van der Waals surface area contributed by atoms with Gasteiger partial charge in [-0.05, 0) is 41.8 Å². The second-order valence-electron chi connectivity index (χ2n) is 12.3. The first-order chi connectivity index (χ1) is 21.3. The van der Waals surface area contributed by atoms with E-state index >= 15 is 0 Å². The number of rotatable bonds is 6. The summed E-state index contributed by atoms with van der Waals surface area (Å²) in [6, 6.07) is 13.6. The van der Waals surface area contributed by atoms with Crippen molar-refractivity contribution in [1.82, 2.24) is 0 Å². The van der Waals surface area contributed by atoms with Crippen LogP contribution in [0.25, 0.3) is 0 Å². The maximum Gasteiger partial charge on any atom is 0.318 e. The molecule has 0 aliphatic carbocycles. The van der Waals surface area contributed by atoms with Gasteiger partial charge in [0, 0.05) is 11.8 Å². The van der Waals surface area contributed by atoms with E-state index in [4.69, 9.17) is 9.47 Å². The van der Waals surface area contributed by atoms with Crippen LogP contribution in [-0.2, 0) is 54.3 Å². The number of nitrogens with zero attached hydrogens (tertiary/aromatic N) is 2. The van der Waals surface area contributed by atoms with Crippen molar-refractivity contribution in [2.75, 3.05) is 9.80 Å². The second kappa shape index (κ2) is 10.9. The summed E-state index contributed by atoms with van der Waals surface area (Å²) in [6.45, 7) is 6.17. The molecule has 45 heavy (non-hydrogen) atoms. The van der Waals surface area contributed by atoms with Crippen LogP contribution >= 0.6 is 0 Å². The highest BCUT2D eigenvalue weighted by Gasteiger charge is 2.58. The van der Waals surface area contributed by atoms with E-state index in [-0.39, 0.29) is 0 Å². The quantitative estimate of drug-likeness (QED) is 0.268. The first-order valence-electron chi connectivity index (χ1n) is 14.8. The van der Waals surface area contributed by atoms with Gasteiger partial charge < -0.3 is 9.47 Å². The van der Waals surface area contributed by atoms with Crippen molar-refractivity contribution in [2.45, 2.75) is 34.1 Å². The second-order valence-corrected chi connectivity index (χ2v) is 12.3. The minimum atomic E-state index is -1.01. The summed E-state index contributed by atoms with van der Waals surface area (Å²) < 4.78 is 9.42. The monoisotopic (exact) mass is 614 g/mol. The molecule has 4 aliphatic rings. The van der Waals surface area contributed by atoms with Crippen LogP contribution in [0.2, 0.25) is 0 Å². The Morgan fingerprint density at radius 3 is 1.07 bits per heavy atom. The summed E-state index contributed by atoms with van der Waals surface area (Å²) in [6.07, 6.45) is 0.462. The zero-order valence-electron chi connectivity index (χ0n) is 24.9. The van der Waals surface area contributed by atoms with Crippen LogP contribution in [0.1, 0.15) is 38.8 Å². The molecule has 12 nitrogen and oxygen atoms in total. The molecule has 4 saturated heterocycles. The van der Waals surface area contributed by atoms with Gasteiger partial charge in [-0.2, -0.15) is 0 Å².